The predicted octanol–water partition coefficient (Wildman–Crippen LogP) is 4.45. The van der Waals surface area contributed by atoms with Gasteiger partial charge in [0.15, 0.2) is 0 Å². The first-order valence-electron chi connectivity index (χ1n) is 6.75. The Kier molecular flexibility index (Phi) is 4.46. The highest BCUT2D eigenvalue weighted by Crippen LogP contribution is 2.33. The van der Waals surface area contributed by atoms with Crippen molar-refractivity contribution >= 4 is 16.5 Å². The Hall–Kier alpha value is -1.70. The Morgan fingerprint density at radius 2 is 1.89 bits per heavy atom. The molecule has 2 aromatic rings. The summed E-state index contributed by atoms with van der Waals surface area (Å²) in [5.41, 5.74) is 1.12. The van der Waals surface area contributed by atoms with Gasteiger partial charge in [0.2, 0.25) is 0 Å². The van der Waals surface area contributed by atoms with E-state index in [2.05, 4.69) is 55.6 Å². The van der Waals surface area contributed by atoms with Gasteiger partial charge in [-0.1, -0.05) is 43.7 Å². The lowest BCUT2D eigenvalue weighted by Crippen LogP contribution is -2.03. The monoisotopic (exact) mass is 243 g/mol. The molecular formula is C16H21NO. The molecule has 2 aromatic carbocycles. The fourth-order valence-corrected chi connectivity index (χ4v) is 2.06. The van der Waals surface area contributed by atoms with Crippen LogP contribution in [0.2, 0.25) is 0 Å². The molecule has 0 aromatic heterocycles. The molecule has 0 amide bonds. The minimum Gasteiger partial charge on any atom is -0.491 e. The first kappa shape index (κ1) is 12.7. The van der Waals surface area contributed by atoms with Crippen molar-refractivity contribution in [1.29, 1.82) is 0 Å². The molecule has 2 heteroatoms. The fraction of sp³-hybridized carbons (Fsp3) is 0.375. The molecule has 0 saturated heterocycles. The highest BCUT2D eigenvalue weighted by atomic mass is 16.5. The van der Waals surface area contributed by atoms with Gasteiger partial charge in [0.05, 0.1) is 12.3 Å². The van der Waals surface area contributed by atoms with E-state index < -0.39 is 0 Å². The summed E-state index contributed by atoms with van der Waals surface area (Å²) in [6, 6.07) is 12.6. The molecule has 0 saturated carbocycles. The average molecular weight is 243 g/mol. The molecule has 0 spiro atoms. The van der Waals surface area contributed by atoms with Crippen LogP contribution in [0, 0.1) is 0 Å². The van der Waals surface area contributed by atoms with Crippen molar-refractivity contribution in [3.05, 3.63) is 36.4 Å². The maximum Gasteiger partial charge on any atom is 0.143 e. The van der Waals surface area contributed by atoms with E-state index in [0.29, 0.717) is 0 Å². The zero-order valence-electron chi connectivity index (χ0n) is 11.2. The maximum atomic E-state index is 5.88. The van der Waals surface area contributed by atoms with Gasteiger partial charge in [-0.3, -0.25) is 0 Å². The summed E-state index contributed by atoms with van der Waals surface area (Å²) >= 11 is 0. The Bertz CT molecular complexity index is 507. The summed E-state index contributed by atoms with van der Waals surface area (Å²) in [5, 5.41) is 5.90. The van der Waals surface area contributed by atoms with E-state index in [-0.39, 0.29) is 0 Å². The SMILES string of the molecule is CCCCOc1ccc2ccccc2c1NCC. The van der Waals surface area contributed by atoms with Gasteiger partial charge in [0, 0.05) is 11.9 Å². The zero-order valence-corrected chi connectivity index (χ0v) is 11.2. The van der Waals surface area contributed by atoms with Crippen LogP contribution < -0.4 is 10.1 Å². The van der Waals surface area contributed by atoms with Crippen molar-refractivity contribution in [3.8, 4) is 5.75 Å². The highest BCUT2D eigenvalue weighted by molar-refractivity contribution is 5.96. The van der Waals surface area contributed by atoms with Gasteiger partial charge < -0.3 is 10.1 Å². The number of hydrogen-bond acceptors (Lipinski definition) is 2. The van der Waals surface area contributed by atoms with E-state index in [4.69, 9.17) is 4.74 Å². The molecule has 1 N–H and O–H groups in total. The van der Waals surface area contributed by atoms with E-state index in [0.717, 1.165) is 37.4 Å². The number of nitrogens with one attached hydrogen (secondary N) is 1. The summed E-state index contributed by atoms with van der Waals surface area (Å²) in [5.74, 6) is 0.962. The number of rotatable bonds is 6. The molecule has 2 nitrogen and oxygen atoms in total. The number of fused-ring (bicyclic) bond motifs is 1. The number of ether oxygens (including phenoxy) is 1. The van der Waals surface area contributed by atoms with Gasteiger partial charge in [-0.2, -0.15) is 0 Å². The summed E-state index contributed by atoms with van der Waals surface area (Å²) < 4.78 is 5.88. The van der Waals surface area contributed by atoms with Crippen molar-refractivity contribution in [2.24, 2.45) is 0 Å². The van der Waals surface area contributed by atoms with Crippen LogP contribution in [0.4, 0.5) is 5.69 Å². The van der Waals surface area contributed by atoms with Crippen LogP contribution in [0.5, 0.6) is 5.75 Å². The molecule has 0 bridgehead atoms. The van der Waals surface area contributed by atoms with Crippen LogP contribution in [0.15, 0.2) is 36.4 Å². The standard InChI is InChI=1S/C16H21NO/c1-3-5-12-18-15-11-10-13-8-6-7-9-14(13)16(15)17-4-2/h6-11,17H,3-5,12H2,1-2H3. The van der Waals surface area contributed by atoms with Crippen molar-refractivity contribution in [1.82, 2.24) is 0 Å². The third-order valence-electron chi connectivity index (χ3n) is 3.00. The van der Waals surface area contributed by atoms with Crippen LogP contribution >= 0.6 is 0 Å². The van der Waals surface area contributed by atoms with E-state index in [1.807, 2.05) is 0 Å². The van der Waals surface area contributed by atoms with Crippen LogP contribution in [-0.4, -0.2) is 13.2 Å². The smallest absolute Gasteiger partial charge is 0.143 e. The highest BCUT2D eigenvalue weighted by Gasteiger charge is 2.07. The second kappa shape index (κ2) is 6.29. The van der Waals surface area contributed by atoms with E-state index in [1.165, 1.54) is 10.8 Å². The Morgan fingerprint density at radius 3 is 2.67 bits per heavy atom. The minimum absolute atomic E-state index is 0.785. The lowest BCUT2D eigenvalue weighted by atomic mass is 10.1. The number of hydrogen-bond donors (Lipinski definition) is 1. The van der Waals surface area contributed by atoms with Gasteiger partial charge in [-0.25, -0.2) is 0 Å². The third kappa shape index (κ3) is 2.76. The molecule has 2 rings (SSSR count). The third-order valence-corrected chi connectivity index (χ3v) is 3.00. The van der Waals surface area contributed by atoms with Gasteiger partial charge in [-0.05, 0) is 24.8 Å². The molecule has 0 aliphatic carbocycles. The van der Waals surface area contributed by atoms with E-state index in [9.17, 15) is 0 Å². The minimum atomic E-state index is 0.785. The molecule has 0 unspecified atom stereocenters. The molecule has 0 fully saturated rings. The maximum absolute atomic E-state index is 5.88. The second-order valence-corrected chi connectivity index (χ2v) is 4.39. The Labute approximate surface area is 109 Å². The van der Waals surface area contributed by atoms with E-state index >= 15 is 0 Å². The fourth-order valence-electron chi connectivity index (χ4n) is 2.06. The van der Waals surface area contributed by atoms with Crippen molar-refractivity contribution in [2.75, 3.05) is 18.5 Å². The first-order valence-corrected chi connectivity index (χ1v) is 6.75. The summed E-state index contributed by atoms with van der Waals surface area (Å²) in [6.45, 7) is 5.97. The number of anilines is 1. The Morgan fingerprint density at radius 1 is 1.06 bits per heavy atom. The molecule has 0 atom stereocenters. The molecule has 0 radical (unpaired) electrons. The molecule has 0 aliphatic rings. The molecule has 96 valence electrons. The van der Waals surface area contributed by atoms with Crippen molar-refractivity contribution < 1.29 is 4.74 Å². The largest absolute Gasteiger partial charge is 0.491 e. The topological polar surface area (TPSA) is 21.3 Å². The second-order valence-electron chi connectivity index (χ2n) is 4.39. The lowest BCUT2D eigenvalue weighted by Gasteiger charge is -2.15. The van der Waals surface area contributed by atoms with Crippen LogP contribution in [0.1, 0.15) is 26.7 Å². The van der Waals surface area contributed by atoms with Crippen LogP contribution in [0.3, 0.4) is 0 Å². The van der Waals surface area contributed by atoms with Gasteiger partial charge in [0.25, 0.3) is 0 Å². The predicted molar refractivity (Wildman–Crippen MR) is 78.5 cm³/mol. The average Bonchev–Trinajstić information content (AvgIpc) is 2.41. The Balaban J connectivity index is 2.35. The zero-order chi connectivity index (χ0) is 12.8. The van der Waals surface area contributed by atoms with Gasteiger partial charge in [-0.15, -0.1) is 0 Å². The van der Waals surface area contributed by atoms with Crippen LogP contribution in [-0.2, 0) is 0 Å². The van der Waals surface area contributed by atoms with E-state index in [1.54, 1.807) is 0 Å². The van der Waals surface area contributed by atoms with Crippen molar-refractivity contribution in [3.63, 3.8) is 0 Å². The van der Waals surface area contributed by atoms with Gasteiger partial charge >= 0.3 is 0 Å². The molecule has 0 heterocycles. The summed E-state index contributed by atoms with van der Waals surface area (Å²) in [6.07, 6.45) is 2.25. The number of unbranched alkanes of at least 4 members (excludes halogenated alkanes) is 1. The first-order chi connectivity index (χ1) is 8.86. The molecular weight excluding hydrogens is 222 g/mol. The quantitative estimate of drug-likeness (QED) is 0.757. The van der Waals surface area contributed by atoms with Gasteiger partial charge in [0.1, 0.15) is 5.75 Å². The number of benzene rings is 2. The molecule has 0 aliphatic heterocycles. The lowest BCUT2D eigenvalue weighted by molar-refractivity contribution is 0.311. The van der Waals surface area contributed by atoms with Crippen LogP contribution in [0.25, 0.3) is 10.8 Å². The normalized spacial score (nSPS) is 10.6. The summed E-state index contributed by atoms with van der Waals surface area (Å²) in [7, 11) is 0. The molecule has 18 heavy (non-hydrogen) atoms. The summed E-state index contributed by atoms with van der Waals surface area (Å²) in [4.78, 5) is 0. The van der Waals surface area contributed by atoms with Crippen molar-refractivity contribution in [2.45, 2.75) is 26.7 Å².